The van der Waals surface area contributed by atoms with Gasteiger partial charge in [-0.3, -0.25) is 0 Å². The minimum atomic E-state index is -0.954. The van der Waals surface area contributed by atoms with Gasteiger partial charge >= 0.3 is 12.0 Å². The normalized spacial score (nSPS) is 18.6. The molecule has 19 heavy (non-hydrogen) atoms. The van der Waals surface area contributed by atoms with Gasteiger partial charge in [-0.25, -0.2) is 9.59 Å². The number of carboxylic acid groups (broad SMARTS) is 1. The summed E-state index contributed by atoms with van der Waals surface area (Å²) in [4.78, 5) is 25.3. The quantitative estimate of drug-likeness (QED) is 0.891. The smallest absolute Gasteiger partial charge is 0.327 e. The number of carbonyl (C=O) groups is 2. The third-order valence-electron chi connectivity index (χ3n) is 2.70. The van der Waals surface area contributed by atoms with Crippen LogP contribution in [0.2, 0.25) is 4.34 Å². The molecule has 0 spiro atoms. The van der Waals surface area contributed by atoms with Crippen molar-refractivity contribution in [1.29, 1.82) is 0 Å². The van der Waals surface area contributed by atoms with Gasteiger partial charge in [0.2, 0.25) is 0 Å². The summed E-state index contributed by atoms with van der Waals surface area (Å²) in [5, 5.41) is 11.7. The summed E-state index contributed by atoms with van der Waals surface area (Å²) >= 11 is 8.74. The maximum absolute atomic E-state index is 11.9. The minimum Gasteiger partial charge on any atom is -0.480 e. The Kier molecular flexibility index (Phi) is 4.95. The fourth-order valence-electron chi connectivity index (χ4n) is 1.73. The van der Waals surface area contributed by atoms with Crippen molar-refractivity contribution in [3.63, 3.8) is 0 Å². The number of aliphatic carboxylic acids is 1. The molecule has 5 nitrogen and oxygen atoms in total. The third-order valence-corrected chi connectivity index (χ3v) is 5.01. The van der Waals surface area contributed by atoms with Gasteiger partial charge in [0, 0.05) is 17.2 Å². The number of hydrogen-bond donors (Lipinski definition) is 2. The lowest BCUT2D eigenvalue weighted by Gasteiger charge is -2.20. The van der Waals surface area contributed by atoms with Crippen LogP contribution in [0.3, 0.4) is 0 Å². The molecule has 1 aromatic heterocycles. The van der Waals surface area contributed by atoms with Crippen molar-refractivity contribution >= 4 is 46.7 Å². The number of nitrogens with zero attached hydrogens (tertiary/aromatic N) is 1. The van der Waals surface area contributed by atoms with Crippen molar-refractivity contribution in [3.8, 4) is 0 Å². The Bertz CT molecular complexity index is 480. The highest BCUT2D eigenvalue weighted by Crippen LogP contribution is 2.22. The van der Waals surface area contributed by atoms with Gasteiger partial charge in [-0.1, -0.05) is 11.6 Å². The Morgan fingerprint density at radius 1 is 1.53 bits per heavy atom. The summed E-state index contributed by atoms with van der Waals surface area (Å²) < 4.78 is 0.725. The van der Waals surface area contributed by atoms with E-state index in [9.17, 15) is 9.59 Å². The molecule has 1 fully saturated rings. The fourth-order valence-corrected chi connectivity index (χ4v) is 3.96. The molecule has 1 aromatic rings. The molecule has 0 aromatic carbocycles. The zero-order valence-corrected chi connectivity index (χ0v) is 12.4. The zero-order valence-electron chi connectivity index (χ0n) is 9.97. The number of thioether (sulfide) groups is 1. The Hall–Kier alpha value is -0.920. The van der Waals surface area contributed by atoms with Gasteiger partial charge in [-0.15, -0.1) is 23.1 Å². The van der Waals surface area contributed by atoms with Crippen molar-refractivity contribution in [1.82, 2.24) is 10.2 Å². The molecule has 0 aliphatic carbocycles. The van der Waals surface area contributed by atoms with Crippen LogP contribution in [0.5, 0.6) is 0 Å². The van der Waals surface area contributed by atoms with E-state index < -0.39 is 12.0 Å². The van der Waals surface area contributed by atoms with Crippen LogP contribution in [0.25, 0.3) is 0 Å². The van der Waals surface area contributed by atoms with E-state index in [0.717, 1.165) is 9.21 Å². The summed E-state index contributed by atoms with van der Waals surface area (Å²) in [7, 11) is 0. The molecule has 0 bridgehead atoms. The Balaban J connectivity index is 1.79. The summed E-state index contributed by atoms with van der Waals surface area (Å²) in [6.45, 7) is 0.475. The van der Waals surface area contributed by atoms with Gasteiger partial charge in [-0.2, -0.15) is 0 Å². The summed E-state index contributed by atoms with van der Waals surface area (Å²) in [6, 6.07) is 2.70. The first kappa shape index (κ1) is 14.5. The second kappa shape index (κ2) is 6.49. The largest absolute Gasteiger partial charge is 0.480 e. The Morgan fingerprint density at radius 3 is 2.95 bits per heavy atom. The number of nitrogens with one attached hydrogen (secondary N) is 1. The molecule has 104 valence electrons. The van der Waals surface area contributed by atoms with Crippen molar-refractivity contribution in [2.75, 3.05) is 18.2 Å². The lowest BCUT2D eigenvalue weighted by Crippen LogP contribution is -2.47. The highest BCUT2D eigenvalue weighted by molar-refractivity contribution is 7.99. The molecule has 0 saturated carbocycles. The van der Waals surface area contributed by atoms with E-state index >= 15 is 0 Å². The molecule has 2 rings (SSSR count). The summed E-state index contributed by atoms with van der Waals surface area (Å²) in [5.41, 5.74) is 0. The highest BCUT2D eigenvalue weighted by atomic mass is 35.5. The Morgan fingerprint density at radius 2 is 2.32 bits per heavy atom. The van der Waals surface area contributed by atoms with Crippen LogP contribution < -0.4 is 5.32 Å². The molecule has 0 radical (unpaired) electrons. The molecule has 2 heterocycles. The van der Waals surface area contributed by atoms with Crippen molar-refractivity contribution in [2.45, 2.75) is 12.5 Å². The predicted octanol–water partition coefficient (Wildman–Crippen LogP) is 2.11. The van der Waals surface area contributed by atoms with E-state index in [0.29, 0.717) is 24.6 Å². The number of halogens is 1. The molecule has 1 aliphatic rings. The highest BCUT2D eigenvalue weighted by Gasteiger charge is 2.34. The van der Waals surface area contributed by atoms with Gasteiger partial charge in [0.15, 0.2) is 0 Å². The van der Waals surface area contributed by atoms with Crippen LogP contribution in [0.15, 0.2) is 12.1 Å². The molecule has 1 saturated heterocycles. The number of carbonyl (C=O) groups excluding carboxylic acids is 1. The third kappa shape index (κ3) is 3.77. The second-order valence-corrected chi connectivity index (χ2v) is 6.81. The standard InChI is InChI=1S/C11H13ClN2O3S2/c12-9-2-1-7(19-9)3-4-13-11(17)14-6-18-5-8(14)10(15)16/h1-2,8H,3-6H2,(H,13,17)(H,15,16)/t8-/m0/s1. The van der Waals surface area contributed by atoms with Gasteiger partial charge in [0.1, 0.15) is 6.04 Å². The number of thiophene rings is 1. The first-order chi connectivity index (χ1) is 9.08. The van der Waals surface area contributed by atoms with Crippen LogP contribution in [0.4, 0.5) is 4.79 Å². The lowest BCUT2D eigenvalue weighted by molar-refractivity contribution is -0.140. The first-order valence-electron chi connectivity index (χ1n) is 5.67. The average Bonchev–Trinajstić information content (AvgIpc) is 2.97. The van der Waals surface area contributed by atoms with E-state index in [1.807, 2.05) is 12.1 Å². The summed E-state index contributed by atoms with van der Waals surface area (Å²) in [5.74, 6) is -0.0816. The molecule has 8 heteroatoms. The Labute approximate surface area is 123 Å². The van der Waals surface area contributed by atoms with E-state index in [1.165, 1.54) is 28.0 Å². The maximum atomic E-state index is 11.9. The topological polar surface area (TPSA) is 69.6 Å². The van der Waals surface area contributed by atoms with Gasteiger partial charge in [-0.05, 0) is 18.6 Å². The molecule has 1 atom stereocenters. The van der Waals surface area contributed by atoms with E-state index in [2.05, 4.69) is 5.32 Å². The summed E-state index contributed by atoms with van der Waals surface area (Å²) in [6.07, 6.45) is 0.696. The lowest BCUT2D eigenvalue weighted by atomic mass is 10.3. The molecule has 2 N–H and O–H groups in total. The second-order valence-electron chi connectivity index (χ2n) is 4.01. The molecule has 2 amide bonds. The first-order valence-corrected chi connectivity index (χ1v) is 8.02. The van der Waals surface area contributed by atoms with E-state index in [-0.39, 0.29) is 6.03 Å². The number of hydrogen-bond acceptors (Lipinski definition) is 4. The zero-order chi connectivity index (χ0) is 13.8. The van der Waals surface area contributed by atoms with E-state index in [1.54, 1.807) is 0 Å². The van der Waals surface area contributed by atoms with E-state index in [4.69, 9.17) is 16.7 Å². The van der Waals surface area contributed by atoms with Gasteiger partial charge in [0.25, 0.3) is 0 Å². The average molecular weight is 321 g/mol. The van der Waals surface area contributed by atoms with Crippen LogP contribution in [0, 0.1) is 0 Å². The number of carboxylic acids is 1. The molecular weight excluding hydrogens is 308 g/mol. The SMILES string of the molecule is O=C(O)[C@@H]1CSCN1C(=O)NCCc1ccc(Cl)s1. The number of amides is 2. The van der Waals surface area contributed by atoms with Gasteiger partial charge in [0.05, 0.1) is 10.2 Å². The number of rotatable bonds is 4. The van der Waals surface area contributed by atoms with Crippen LogP contribution in [-0.4, -0.2) is 46.2 Å². The fraction of sp³-hybridized carbons (Fsp3) is 0.455. The monoisotopic (exact) mass is 320 g/mol. The van der Waals surface area contributed by atoms with Crippen molar-refractivity contribution < 1.29 is 14.7 Å². The van der Waals surface area contributed by atoms with Gasteiger partial charge < -0.3 is 15.3 Å². The minimum absolute atomic E-state index is 0.319. The van der Waals surface area contributed by atoms with Crippen LogP contribution in [-0.2, 0) is 11.2 Å². The molecule has 0 unspecified atom stereocenters. The number of urea groups is 1. The molecular formula is C11H13ClN2O3S2. The predicted molar refractivity (Wildman–Crippen MR) is 77.0 cm³/mol. The van der Waals surface area contributed by atoms with Crippen LogP contribution >= 0.6 is 34.7 Å². The maximum Gasteiger partial charge on any atom is 0.327 e. The van der Waals surface area contributed by atoms with Crippen molar-refractivity contribution in [2.24, 2.45) is 0 Å². The molecule has 1 aliphatic heterocycles. The van der Waals surface area contributed by atoms with Crippen molar-refractivity contribution in [3.05, 3.63) is 21.3 Å². The van der Waals surface area contributed by atoms with Crippen LogP contribution in [0.1, 0.15) is 4.88 Å².